The summed E-state index contributed by atoms with van der Waals surface area (Å²) in [5.41, 5.74) is 4.27. The zero-order valence-corrected chi connectivity index (χ0v) is 34.5. The molecule has 1 aliphatic carbocycles. The number of nitrogens with zero attached hydrogens (tertiary/aromatic N) is 6. The molecule has 4 N–H and O–H groups in total. The summed E-state index contributed by atoms with van der Waals surface area (Å²) in [6.07, 6.45) is 7.93. The number of aromatic nitrogens is 6. The minimum atomic E-state index is -0.858. The van der Waals surface area contributed by atoms with Gasteiger partial charge in [-0.15, -0.1) is 10.2 Å². The molecule has 1 saturated carbocycles. The summed E-state index contributed by atoms with van der Waals surface area (Å²) in [6.45, 7) is 8.18. The van der Waals surface area contributed by atoms with Gasteiger partial charge in [0.25, 0.3) is 0 Å². The van der Waals surface area contributed by atoms with Gasteiger partial charge in [-0.25, -0.2) is 9.78 Å². The van der Waals surface area contributed by atoms with Gasteiger partial charge in [0.2, 0.25) is 29.5 Å². The molecule has 7 rings (SSSR count). The van der Waals surface area contributed by atoms with Gasteiger partial charge in [0, 0.05) is 49.4 Å². The molecule has 15 heteroatoms. The van der Waals surface area contributed by atoms with E-state index in [1.807, 2.05) is 81.6 Å². The molecule has 2 aliphatic rings. The quantitative estimate of drug-likeness (QED) is 0.0914. The Morgan fingerprint density at radius 1 is 0.867 bits per heavy atom. The molecule has 0 bridgehead atoms. The highest BCUT2D eigenvalue weighted by atomic mass is 16.6. The third-order valence-corrected chi connectivity index (χ3v) is 10.8. The molecule has 3 heterocycles. The average Bonchev–Trinajstić information content (AvgIpc) is 3.81. The molecule has 314 valence electrons. The number of piperidine rings is 1. The number of carbonyl (C=O) groups excluding carboxylic acids is 3. The minimum Gasteiger partial charge on any atom is -0.472 e. The Morgan fingerprint density at radius 3 is 2.27 bits per heavy atom. The van der Waals surface area contributed by atoms with Gasteiger partial charge in [-0.05, 0) is 118 Å². The molecule has 3 amide bonds. The summed E-state index contributed by atoms with van der Waals surface area (Å²) in [5.74, 6) is 1.10. The van der Waals surface area contributed by atoms with Crippen LogP contribution in [0.4, 0.5) is 16.4 Å². The fourth-order valence-corrected chi connectivity index (χ4v) is 7.58. The number of ether oxygens (including phenoxy) is 2. The van der Waals surface area contributed by atoms with Crippen LogP contribution in [0.3, 0.4) is 0 Å². The third-order valence-electron chi connectivity index (χ3n) is 10.8. The smallest absolute Gasteiger partial charge is 0.407 e. The largest absolute Gasteiger partial charge is 0.472 e. The van der Waals surface area contributed by atoms with Crippen molar-refractivity contribution in [2.45, 2.75) is 90.4 Å². The number of H-pyrrole nitrogens is 1. The van der Waals surface area contributed by atoms with E-state index < -0.39 is 17.7 Å². The Hall–Kier alpha value is -6.38. The number of alkyl carbamates (subject to hydrolysis) is 1. The van der Waals surface area contributed by atoms with E-state index in [1.54, 1.807) is 24.3 Å². The average molecular weight is 815 g/mol. The van der Waals surface area contributed by atoms with E-state index >= 15 is 0 Å². The Bertz CT molecular complexity index is 2160. The summed E-state index contributed by atoms with van der Waals surface area (Å²) in [6, 6.07) is 24.1. The molecule has 1 aliphatic heterocycles. The molecule has 0 radical (unpaired) electrons. The van der Waals surface area contributed by atoms with Crippen molar-refractivity contribution in [2.75, 3.05) is 29.9 Å². The van der Waals surface area contributed by atoms with E-state index in [-0.39, 0.29) is 30.1 Å². The Balaban J connectivity index is 1.05. The van der Waals surface area contributed by atoms with Crippen LogP contribution in [0.1, 0.15) is 76.8 Å². The van der Waals surface area contributed by atoms with E-state index in [9.17, 15) is 14.4 Å². The zero-order chi connectivity index (χ0) is 41.9. The van der Waals surface area contributed by atoms with Gasteiger partial charge in [-0.1, -0.05) is 54.6 Å². The van der Waals surface area contributed by atoms with Crippen LogP contribution in [0.15, 0.2) is 85.1 Å². The normalized spacial score (nSPS) is 17.3. The zero-order valence-electron chi connectivity index (χ0n) is 34.5. The molecule has 15 nitrogen and oxygen atoms in total. The van der Waals surface area contributed by atoms with Gasteiger partial charge in [-0.3, -0.25) is 9.59 Å². The number of hydrogen-bond acceptors (Lipinski definition) is 11. The molecule has 1 saturated heterocycles. The first-order valence-corrected chi connectivity index (χ1v) is 20.9. The number of rotatable bonds is 14. The minimum absolute atomic E-state index is 0.163. The van der Waals surface area contributed by atoms with Crippen molar-refractivity contribution < 1.29 is 23.9 Å². The highest BCUT2D eigenvalue weighted by Crippen LogP contribution is 2.32. The third kappa shape index (κ3) is 11.6. The molecule has 0 unspecified atom stereocenters. The second-order valence-electron chi connectivity index (χ2n) is 16.6. The van der Waals surface area contributed by atoms with Gasteiger partial charge < -0.3 is 30.3 Å². The summed E-state index contributed by atoms with van der Waals surface area (Å²) >= 11 is 0. The number of aromatic amines is 1. The van der Waals surface area contributed by atoms with Gasteiger partial charge in [-0.2, -0.15) is 10.2 Å². The highest BCUT2D eigenvalue weighted by molar-refractivity contribution is 5.97. The van der Waals surface area contributed by atoms with Crippen LogP contribution in [0.5, 0.6) is 5.88 Å². The van der Waals surface area contributed by atoms with E-state index in [0.29, 0.717) is 49.3 Å². The number of nitrogens with one attached hydrogen (secondary N) is 4. The Labute approximate surface area is 350 Å². The molecule has 1 atom stereocenters. The molecule has 0 spiro atoms. The number of tetrazole rings is 1. The summed E-state index contributed by atoms with van der Waals surface area (Å²) in [7, 11) is 0. The second-order valence-corrected chi connectivity index (χ2v) is 16.6. The fraction of sp³-hybridized carbons (Fsp3) is 0.422. The van der Waals surface area contributed by atoms with Crippen molar-refractivity contribution in [3.63, 3.8) is 0 Å². The summed E-state index contributed by atoms with van der Waals surface area (Å²) in [5, 5.41) is 23.0. The Morgan fingerprint density at radius 2 is 1.58 bits per heavy atom. The number of hydrogen-bond donors (Lipinski definition) is 4. The highest BCUT2D eigenvalue weighted by Gasteiger charge is 2.30. The molecule has 2 aromatic heterocycles. The molecule has 5 aromatic rings. The van der Waals surface area contributed by atoms with Crippen molar-refractivity contribution in [1.29, 1.82) is 0 Å². The first-order chi connectivity index (χ1) is 29.1. The first-order valence-electron chi connectivity index (χ1n) is 20.9. The van der Waals surface area contributed by atoms with Gasteiger partial charge in [0.05, 0.1) is 5.56 Å². The molecule has 2 fully saturated rings. The summed E-state index contributed by atoms with van der Waals surface area (Å²) < 4.78 is 11.7. The lowest BCUT2D eigenvalue weighted by Crippen LogP contribution is -2.48. The first kappa shape index (κ1) is 41.8. The predicted octanol–water partition coefficient (Wildman–Crippen LogP) is 6.89. The molecular weight excluding hydrogens is 761 g/mol. The molecule has 3 aromatic carbocycles. The van der Waals surface area contributed by atoms with E-state index in [4.69, 9.17) is 19.4 Å². The summed E-state index contributed by atoms with van der Waals surface area (Å²) in [4.78, 5) is 51.9. The fourth-order valence-electron chi connectivity index (χ4n) is 7.58. The lowest BCUT2D eigenvalue weighted by molar-refractivity contribution is -0.130. The van der Waals surface area contributed by atoms with E-state index in [2.05, 4.69) is 41.5 Å². The van der Waals surface area contributed by atoms with Crippen LogP contribution in [-0.2, 0) is 27.4 Å². The number of amides is 3. The van der Waals surface area contributed by atoms with Crippen LogP contribution in [0.2, 0.25) is 0 Å². The van der Waals surface area contributed by atoms with Crippen LogP contribution < -0.4 is 25.6 Å². The second kappa shape index (κ2) is 19.6. The van der Waals surface area contributed by atoms with Gasteiger partial charge >= 0.3 is 6.09 Å². The maximum Gasteiger partial charge on any atom is 0.407 e. The number of carbonyl (C=O) groups is 3. The van der Waals surface area contributed by atoms with Gasteiger partial charge in [0.1, 0.15) is 18.2 Å². The monoisotopic (exact) mass is 814 g/mol. The van der Waals surface area contributed by atoms with Crippen molar-refractivity contribution in [3.8, 4) is 28.4 Å². The SMILES string of the molecule is CC(C)(C)OC(=O)NCC1CCC(C(=O)N[C@@H](Cc2ccc(-c3cnc(N4CCCCC4)nc3OCc3ccccc3)cc2)C(=O)Nc2ccc(-c3nn[nH]n3)cc2)CC1. The van der Waals surface area contributed by atoms with Gasteiger partial charge in [0.15, 0.2) is 0 Å². The van der Waals surface area contributed by atoms with E-state index in [0.717, 1.165) is 66.6 Å². The van der Waals surface area contributed by atoms with Crippen molar-refractivity contribution in [1.82, 2.24) is 41.2 Å². The maximum atomic E-state index is 14.0. The van der Waals surface area contributed by atoms with Crippen LogP contribution in [-0.4, -0.2) is 79.8 Å². The lowest BCUT2D eigenvalue weighted by Gasteiger charge is -2.29. The predicted molar refractivity (Wildman–Crippen MR) is 228 cm³/mol. The van der Waals surface area contributed by atoms with Crippen LogP contribution in [0, 0.1) is 11.8 Å². The topological polar surface area (TPSA) is 189 Å². The van der Waals surface area contributed by atoms with Crippen LogP contribution >= 0.6 is 0 Å². The number of benzene rings is 3. The maximum absolute atomic E-state index is 14.0. The Kier molecular flexibility index (Phi) is 13.6. The number of anilines is 2. The molecule has 60 heavy (non-hydrogen) atoms. The lowest BCUT2D eigenvalue weighted by atomic mass is 9.81. The standard InChI is InChI=1S/C45H54N10O5/c1-45(2,3)60-44(58)47-27-31-14-18-35(19-15-31)40(56)49-38(41(57)48-36-22-20-34(21-23-36)39-51-53-54-52-39)26-30-12-16-33(17-13-30)37-28-46-43(55-24-8-5-9-25-55)50-42(37)59-29-32-10-6-4-7-11-32/h4,6-7,10-13,16-17,20-23,28,31,35,38H,5,8-9,14-15,18-19,24-27,29H2,1-3H3,(H,47,58)(H,48,57)(H,49,56)(H,51,52,53,54)/t31?,35?,38-/m0/s1. The van der Waals surface area contributed by atoms with Crippen molar-refractivity contribution in [2.24, 2.45) is 11.8 Å². The molecular formula is C45H54N10O5. The van der Waals surface area contributed by atoms with Crippen molar-refractivity contribution in [3.05, 3.63) is 96.2 Å². The van der Waals surface area contributed by atoms with E-state index in [1.165, 1.54) is 6.42 Å². The van der Waals surface area contributed by atoms with Crippen molar-refractivity contribution >= 4 is 29.5 Å². The van der Waals surface area contributed by atoms with Crippen LogP contribution in [0.25, 0.3) is 22.5 Å².